The Kier molecular flexibility index (Phi) is 8.82. The third kappa shape index (κ3) is 6.69. The van der Waals surface area contributed by atoms with Crippen molar-refractivity contribution in [3.63, 3.8) is 0 Å². The van der Waals surface area contributed by atoms with E-state index in [4.69, 9.17) is 9.05 Å². The molecule has 0 fully saturated rings. The van der Waals surface area contributed by atoms with Crippen LogP contribution < -0.4 is 9.05 Å². The summed E-state index contributed by atoms with van der Waals surface area (Å²) in [6, 6.07) is 30.8. The molecule has 0 aliphatic carbocycles. The van der Waals surface area contributed by atoms with Crippen molar-refractivity contribution in [1.29, 1.82) is 0 Å². The van der Waals surface area contributed by atoms with Crippen LogP contribution >= 0.6 is 17.6 Å². The SMILES string of the molecule is CC(POc1ccc2ccccc2c1-c1c(OPC(C)(C)c2cc(F)cc(F)c2)ccc2ccccc12)c1cc(F)cc(F)c1. The molecule has 45 heavy (non-hydrogen) atoms. The van der Waals surface area contributed by atoms with Crippen molar-refractivity contribution in [1.82, 2.24) is 0 Å². The monoisotopic (exact) mass is 644 g/mol. The molecule has 6 aromatic carbocycles. The fraction of sp³-hybridized carbons (Fsp3) is 0.135. The molecule has 0 N–H and O–H groups in total. The van der Waals surface area contributed by atoms with Gasteiger partial charge < -0.3 is 9.05 Å². The summed E-state index contributed by atoms with van der Waals surface area (Å²) in [5.41, 5.74) is 2.39. The van der Waals surface area contributed by atoms with E-state index in [-0.39, 0.29) is 23.3 Å². The van der Waals surface area contributed by atoms with Gasteiger partial charge in [-0.15, -0.1) is 0 Å². The molecule has 8 heteroatoms. The number of hydrogen-bond donors (Lipinski definition) is 0. The summed E-state index contributed by atoms with van der Waals surface area (Å²) in [5.74, 6) is -1.33. The van der Waals surface area contributed by atoms with Gasteiger partial charge in [-0.3, -0.25) is 0 Å². The first-order valence-electron chi connectivity index (χ1n) is 14.4. The van der Waals surface area contributed by atoms with Gasteiger partial charge in [-0.05, 0) is 82.9 Å². The van der Waals surface area contributed by atoms with Gasteiger partial charge in [-0.1, -0.05) is 67.6 Å². The average molecular weight is 645 g/mol. The highest BCUT2D eigenvalue weighted by molar-refractivity contribution is 7.34. The highest BCUT2D eigenvalue weighted by Gasteiger charge is 2.26. The van der Waals surface area contributed by atoms with Crippen LogP contribution in [0.15, 0.2) is 109 Å². The Morgan fingerprint density at radius 3 is 1.58 bits per heavy atom. The lowest BCUT2D eigenvalue weighted by molar-refractivity contribution is 0.562. The first-order chi connectivity index (χ1) is 21.6. The van der Waals surface area contributed by atoms with Crippen LogP contribution in [0.5, 0.6) is 11.5 Å². The van der Waals surface area contributed by atoms with Gasteiger partial charge in [-0.2, -0.15) is 0 Å². The molecular formula is C37H30F4O2P2. The summed E-state index contributed by atoms with van der Waals surface area (Å²) in [4.78, 5) is 0. The van der Waals surface area contributed by atoms with E-state index >= 15 is 0 Å². The third-order valence-corrected chi connectivity index (χ3v) is 9.91. The third-order valence-electron chi connectivity index (χ3n) is 7.76. The summed E-state index contributed by atoms with van der Waals surface area (Å²) >= 11 is 0. The summed E-state index contributed by atoms with van der Waals surface area (Å²) in [5, 5.41) is 3.19. The smallest absolute Gasteiger partial charge is 0.131 e. The lowest BCUT2D eigenvalue weighted by atomic mass is 9.92. The molecule has 0 radical (unpaired) electrons. The predicted molar refractivity (Wildman–Crippen MR) is 179 cm³/mol. The first-order valence-corrected chi connectivity index (χ1v) is 16.3. The van der Waals surface area contributed by atoms with Crippen LogP contribution in [0.2, 0.25) is 0 Å². The molecule has 6 aromatic rings. The maximum absolute atomic E-state index is 14.1. The Morgan fingerprint density at radius 2 is 1.04 bits per heavy atom. The second-order valence-electron chi connectivity index (χ2n) is 11.5. The Morgan fingerprint density at radius 1 is 0.578 bits per heavy atom. The summed E-state index contributed by atoms with van der Waals surface area (Å²) in [6.45, 7) is 5.66. The number of rotatable bonds is 9. The topological polar surface area (TPSA) is 18.5 Å². The van der Waals surface area contributed by atoms with Gasteiger partial charge in [0.2, 0.25) is 0 Å². The highest BCUT2D eigenvalue weighted by atomic mass is 31.1. The van der Waals surface area contributed by atoms with Crippen LogP contribution in [0.25, 0.3) is 32.7 Å². The van der Waals surface area contributed by atoms with E-state index in [1.807, 2.05) is 93.6 Å². The van der Waals surface area contributed by atoms with Gasteiger partial charge in [-0.25, -0.2) is 17.6 Å². The molecular weight excluding hydrogens is 614 g/mol. The average Bonchev–Trinajstić information content (AvgIpc) is 3.01. The quantitative estimate of drug-likeness (QED) is 0.115. The van der Waals surface area contributed by atoms with E-state index in [2.05, 4.69) is 0 Å². The van der Waals surface area contributed by atoms with Crippen LogP contribution in [0.1, 0.15) is 37.6 Å². The van der Waals surface area contributed by atoms with E-state index in [9.17, 15) is 17.6 Å². The van der Waals surface area contributed by atoms with E-state index in [1.165, 1.54) is 24.3 Å². The molecule has 0 saturated carbocycles. The van der Waals surface area contributed by atoms with Crippen molar-refractivity contribution in [2.45, 2.75) is 31.6 Å². The minimum Gasteiger partial charge on any atom is -0.476 e. The van der Waals surface area contributed by atoms with E-state index in [1.54, 1.807) is 0 Å². The fourth-order valence-electron chi connectivity index (χ4n) is 5.39. The number of halogens is 4. The van der Waals surface area contributed by atoms with Gasteiger partial charge in [0, 0.05) is 34.1 Å². The fourth-order valence-corrected chi connectivity index (χ4v) is 6.96. The van der Waals surface area contributed by atoms with Gasteiger partial charge >= 0.3 is 0 Å². The minimum absolute atomic E-state index is 0.133. The van der Waals surface area contributed by atoms with Crippen molar-refractivity contribution in [3.05, 3.63) is 144 Å². The first kappa shape index (κ1) is 31.0. The van der Waals surface area contributed by atoms with Crippen molar-refractivity contribution >= 4 is 39.2 Å². The van der Waals surface area contributed by atoms with Gasteiger partial charge in [0.15, 0.2) is 0 Å². The second kappa shape index (κ2) is 12.8. The van der Waals surface area contributed by atoms with Crippen LogP contribution in [0.3, 0.4) is 0 Å². The molecule has 0 aliphatic heterocycles. The van der Waals surface area contributed by atoms with Crippen LogP contribution in [0, 0.1) is 23.3 Å². The molecule has 0 saturated heterocycles. The Bertz CT molecular complexity index is 1990. The predicted octanol–water partition coefficient (Wildman–Crippen LogP) is 11.9. The maximum Gasteiger partial charge on any atom is 0.131 e. The molecule has 228 valence electrons. The molecule has 0 aromatic heterocycles. The Hall–Kier alpha value is -3.98. The molecule has 2 nitrogen and oxygen atoms in total. The zero-order valence-corrected chi connectivity index (χ0v) is 26.8. The Balaban J connectivity index is 1.45. The summed E-state index contributed by atoms with van der Waals surface area (Å²) in [7, 11) is -0.309. The number of fused-ring (bicyclic) bond motifs is 2. The molecule has 6 rings (SSSR count). The Labute approximate surface area is 263 Å². The van der Waals surface area contributed by atoms with Crippen molar-refractivity contribution in [3.8, 4) is 22.6 Å². The van der Waals surface area contributed by atoms with Crippen molar-refractivity contribution in [2.75, 3.05) is 0 Å². The second-order valence-corrected chi connectivity index (χ2v) is 14.4. The van der Waals surface area contributed by atoms with Crippen LogP contribution in [0.4, 0.5) is 17.6 Å². The van der Waals surface area contributed by atoms with Crippen LogP contribution in [-0.4, -0.2) is 0 Å². The van der Waals surface area contributed by atoms with E-state index < -0.39 is 28.4 Å². The zero-order chi connectivity index (χ0) is 31.7. The molecule has 0 heterocycles. The van der Waals surface area contributed by atoms with Crippen molar-refractivity contribution < 1.29 is 26.6 Å². The zero-order valence-electron chi connectivity index (χ0n) is 24.8. The van der Waals surface area contributed by atoms with E-state index in [0.717, 1.165) is 44.8 Å². The standard InChI is InChI=1S/C37H30F4O2P2/c1-22(25-16-27(38)20-28(39)17-25)44-42-33-14-12-23-8-4-6-10-31(23)35(33)36-32-11-7-5-9-24(32)13-15-34(36)43-45-37(2,3)26-18-29(40)21-30(41)19-26/h4-22,44-45H,1-3H3. The summed E-state index contributed by atoms with van der Waals surface area (Å²) < 4.78 is 69.3. The molecule has 3 atom stereocenters. The van der Waals surface area contributed by atoms with Gasteiger partial charge in [0.25, 0.3) is 0 Å². The van der Waals surface area contributed by atoms with E-state index in [0.29, 0.717) is 22.6 Å². The highest BCUT2D eigenvalue weighted by Crippen LogP contribution is 2.51. The molecule has 0 spiro atoms. The number of benzene rings is 6. The number of hydrogen-bond acceptors (Lipinski definition) is 2. The largest absolute Gasteiger partial charge is 0.476 e. The normalized spacial score (nSPS) is 13.0. The lowest BCUT2D eigenvalue weighted by Crippen LogP contribution is -2.12. The molecule has 0 aliphatic rings. The minimum atomic E-state index is -0.693. The molecule has 0 amide bonds. The summed E-state index contributed by atoms with van der Waals surface area (Å²) in [6.07, 6.45) is 0. The molecule has 0 bridgehead atoms. The van der Waals surface area contributed by atoms with Crippen molar-refractivity contribution in [2.24, 2.45) is 0 Å². The van der Waals surface area contributed by atoms with Crippen LogP contribution in [-0.2, 0) is 5.16 Å². The lowest BCUT2D eigenvalue weighted by Gasteiger charge is -2.26. The van der Waals surface area contributed by atoms with Gasteiger partial charge in [0.1, 0.15) is 34.8 Å². The van der Waals surface area contributed by atoms with Gasteiger partial charge in [0.05, 0.1) is 17.6 Å². The molecule has 3 unspecified atom stereocenters. The maximum atomic E-state index is 14.1.